The van der Waals surface area contributed by atoms with Crippen molar-refractivity contribution < 1.29 is 17.9 Å². The molecule has 0 unspecified atom stereocenters. The molecule has 1 aliphatic rings. The van der Waals surface area contributed by atoms with Crippen LogP contribution in [0.15, 0.2) is 53.4 Å². The van der Waals surface area contributed by atoms with Gasteiger partial charge in [-0.05, 0) is 50.5 Å². The number of para-hydroxylation sites is 1. The van der Waals surface area contributed by atoms with Gasteiger partial charge in [-0.1, -0.05) is 35.9 Å². The van der Waals surface area contributed by atoms with E-state index in [1.54, 1.807) is 36.4 Å². The maximum Gasteiger partial charge on any atom is 0.264 e. The van der Waals surface area contributed by atoms with Crippen LogP contribution in [0.2, 0.25) is 0 Å². The third-order valence-corrected chi connectivity index (χ3v) is 6.61. The van der Waals surface area contributed by atoms with Crippen molar-refractivity contribution in [3.63, 3.8) is 0 Å². The molecule has 150 valence electrons. The molecule has 6 nitrogen and oxygen atoms in total. The van der Waals surface area contributed by atoms with Crippen LogP contribution in [0.4, 0.5) is 5.69 Å². The predicted molar refractivity (Wildman–Crippen MR) is 109 cm³/mol. The van der Waals surface area contributed by atoms with Crippen molar-refractivity contribution in [1.29, 1.82) is 0 Å². The second-order valence-electron chi connectivity index (χ2n) is 7.05. The van der Waals surface area contributed by atoms with Crippen molar-refractivity contribution >= 4 is 21.6 Å². The molecule has 0 aromatic heterocycles. The quantitative estimate of drug-likeness (QED) is 0.773. The summed E-state index contributed by atoms with van der Waals surface area (Å²) in [6.45, 7) is 4.54. The van der Waals surface area contributed by atoms with E-state index in [4.69, 9.17) is 4.74 Å². The average Bonchev–Trinajstić information content (AvgIpc) is 3.19. The van der Waals surface area contributed by atoms with Crippen LogP contribution in [0.1, 0.15) is 24.0 Å². The van der Waals surface area contributed by atoms with Gasteiger partial charge in [-0.25, -0.2) is 8.42 Å². The normalized spacial score (nSPS) is 16.7. The molecule has 28 heavy (non-hydrogen) atoms. The Hall–Kier alpha value is -2.38. The summed E-state index contributed by atoms with van der Waals surface area (Å²) in [7, 11) is -3.88. The van der Waals surface area contributed by atoms with Crippen molar-refractivity contribution in [2.75, 3.05) is 24.0 Å². The van der Waals surface area contributed by atoms with E-state index < -0.39 is 10.0 Å². The second kappa shape index (κ2) is 8.75. The van der Waals surface area contributed by atoms with Crippen molar-refractivity contribution in [2.24, 2.45) is 0 Å². The number of benzene rings is 2. The first kappa shape index (κ1) is 20.4. The second-order valence-corrected chi connectivity index (χ2v) is 8.91. The fourth-order valence-electron chi connectivity index (χ4n) is 3.20. The van der Waals surface area contributed by atoms with Crippen molar-refractivity contribution in [1.82, 2.24) is 5.32 Å². The number of hydrogen-bond donors (Lipinski definition) is 1. The summed E-state index contributed by atoms with van der Waals surface area (Å²) in [4.78, 5) is 12.7. The lowest BCUT2D eigenvalue weighted by Gasteiger charge is -2.26. The predicted octanol–water partition coefficient (Wildman–Crippen LogP) is 2.79. The zero-order chi connectivity index (χ0) is 20.1. The molecule has 0 radical (unpaired) electrons. The van der Waals surface area contributed by atoms with Crippen molar-refractivity contribution in [3.05, 3.63) is 59.7 Å². The smallest absolute Gasteiger partial charge is 0.264 e. The molecule has 2 aromatic carbocycles. The minimum absolute atomic E-state index is 0.00423. The molecule has 1 aliphatic heterocycles. The molecule has 1 N–H and O–H groups in total. The first-order valence-electron chi connectivity index (χ1n) is 9.41. The summed E-state index contributed by atoms with van der Waals surface area (Å²) in [5.74, 6) is -0.352. The highest BCUT2D eigenvalue weighted by atomic mass is 32.2. The molecule has 2 aromatic rings. The Morgan fingerprint density at radius 1 is 1.14 bits per heavy atom. The molecule has 7 heteroatoms. The van der Waals surface area contributed by atoms with E-state index in [0.29, 0.717) is 18.8 Å². The van der Waals surface area contributed by atoms with Crippen molar-refractivity contribution in [3.8, 4) is 0 Å². The summed E-state index contributed by atoms with van der Waals surface area (Å²) in [5.41, 5.74) is 2.25. The number of ether oxygens (including phenoxy) is 1. The molecule has 0 bridgehead atoms. The summed E-state index contributed by atoms with van der Waals surface area (Å²) >= 11 is 0. The fraction of sp³-hybridized carbons (Fsp3) is 0.381. The Morgan fingerprint density at radius 3 is 2.50 bits per heavy atom. The van der Waals surface area contributed by atoms with Crippen LogP contribution >= 0.6 is 0 Å². The van der Waals surface area contributed by atoms with E-state index in [1.807, 2.05) is 26.0 Å². The molecular formula is C21H26N2O4S. The summed E-state index contributed by atoms with van der Waals surface area (Å²) < 4.78 is 33.3. The number of carbonyl (C=O) groups excluding carboxylic acids is 1. The monoisotopic (exact) mass is 402 g/mol. The Bertz CT molecular complexity index is 920. The van der Waals surface area contributed by atoms with Gasteiger partial charge in [0.15, 0.2) is 0 Å². The third kappa shape index (κ3) is 4.72. The topological polar surface area (TPSA) is 75.7 Å². The first-order valence-corrected chi connectivity index (χ1v) is 10.9. The minimum atomic E-state index is -3.88. The van der Waals surface area contributed by atoms with E-state index in [2.05, 4.69) is 5.32 Å². The molecule has 0 saturated carbocycles. The summed E-state index contributed by atoms with van der Waals surface area (Å²) in [5, 5.41) is 2.81. The van der Waals surface area contributed by atoms with E-state index in [0.717, 1.165) is 24.0 Å². The highest BCUT2D eigenvalue weighted by molar-refractivity contribution is 7.92. The van der Waals surface area contributed by atoms with Gasteiger partial charge in [0.2, 0.25) is 5.91 Å². The SMILES string of the molecule is Cc1ccc(S(=O)(=O)N(CC(=O)NC[C@H]2CCCO2)c2ccccc2C)cc1. The number of carbonyl (C=O) groups is 1. The lowest BCUT2D eigenvalue weighted by molar-refractivity contribution is -0.120. The van der Waals surface area contributed by atoms with Crippen LogP contribution in [-0.4, -0.2) is 40.1 Å². The van der Waals surface area contributed by atoms with Crippen LogP contribution in [0.3, 0.4) is 0 Å². The van der Waals surface area contributed by atoms with Crippen LogP contribution in [0.25, 0.3) is 0 Å². The third-order valence-electron chi connectivity index (χ3n) is 4.83. The maximum atomic E-state index is 13.3. The van der Waals surface area contributed by atoms with Gasteiger partial charge < -0.3 is 10.1 Å². The summed E-state index contributed by atoms with van der Waals surface area (Å²) in [6.07, 6.45) is 1.89. The fourth-order valence-corrected chi connectivity index (χ4v) is 4.69. The van der Waals surface area contributed by atoms with E-state index >= 15 is 0 Å². The Kier molecular flexibility index (Phi) is 6.36. The largest absolute Gasteiger partial charge is 0.376 e. The standard InChI is InChI=1S/C21H26N2O4S/c1-16-9-11-19(12-10-16)28(25,26)23(20-8-4-3-6-17(20)2)15-21(24)22-14-18-7-5-13-27-18/h3-4,6,8-12,18H,5,7,13-15H2,1-2H3,(H,22,24)/t18-/m1/s1. The molecule has 1 atom stereocenters. The highest BCUT2D eigenvalue weighted by Crippen LogP contribution is 2.26. The number of rotatable bonds is 7. The number of nitrogens with one attached hydrogen (secondary N) is 1. The Balaban J connectivity index is 1.86. The molecular weight excluding hydrogens is 376 g/mol. The maximum absolute atomic E-state index is 13.3. The van der Waals surface area contributed by atoms with Crippen molar-refractivity contribution in [2.45, 2.75) is 37.7 Å². The summed E-state index contributed by atoms with van der Waals surface area (Å²) in [6, 6.07) is 13.8. The highest BCUT2D eigenvalue weighted by Gasteiger charge is 2.28. The van der Waals surface area contributed by atoms with Gasteiger partial charge >= 0.3 is 0 Å². The lowest BCUT2D eigenvalue weighted by atomic mass is 10.2. The minimum Gasteiger partial charge on any atom is -0.376 e. The van der Waals surface area contributed by atoms with E-state index in [9.17, 15) is 13.2 Å². The molecule has 1 heterocycles. The molecule has 0 aliphatic carbocycles. The Morgan fingerprint density at radius 2 is 1.86 bits per heavy atom. The van der Waals surface area contributed by atoms with Gasteiger partial charge in [-0.2, -0.15) is 0 Å². The number of amides is 1. The first-order chi connectivity index (χ1) is 13.4. The van der Waals surface area contributed by atoms with Crippen LogP contribution in [0, 0.1) is 13.8 Å². The average molecular weight is 403 g/mol. The van der Waals surface area contributed by atoms with Gasteiger partial charge in [0.05, 0.1) is 16.7 Å². The van der Waals surface area contributed by atoms with E-state index in [1.165, 1.54) is 4.31 Å². The van der Waals surface area contributed by atoms with Crippen LogP contribution < -0.4 is 9.62 Å². The van der Waals surface area contributed by atoms with Gasteiger partial charge in [0, 0.05) is 13.2 Å². The number of anilines is 1. The number of sulfonamides is 1. The number of nitrogens with zero attached hydrogens (tertiary/aromatic N) is 1. The van der Waals surface area contributed by atoms with E-state index in [-0.39, 0.29) is 23.5 Å². The zero-order valence-electron chi connectivity index (χ0n) is 16.2. The van der Waals surface area contributed by atoms with Crippen LogP contribution in [-0.2, 0) is 19.6 Å². The molecule has 1 amide bonds. The van der Waals surface area contributed by atoms with Gasteiger partial charge in [-0.3, -0.25) is 9.10 Å². The molecule has 3 rings (SSSR count). The molecule has 1 saturated heterocycles. The van der Waals surface area contributed by atoms with Gasteiger partial charge in [-0.15, -0.1) is 0 Å². The molecule has 1 fully saturated rings. The van der Waals surface area contributed by atoms with Gasteiger partial charge in [0.25, 0.3) is 10.0 Å². The molecule has 0 spiro atoms. The van der Waals surface area contributed by atoms with Gasteiger partial charge in [0.1, 0.15) is 6.54 Å². The zero-order valence-corrected chi connectivity index (χ0v) is 17.0. The lowest BCUT2D eigenvalue weighted by Crippen LogP contribution is -2.43. The number of hydrogen-bond acceptors (Lipinski definition) is 4. The Labute approximate surface area is 166 Å². The van der Waals surface area contributed by atoms with Crippen LogP contribution in [0.5, 0.6) is 0 Å². The number of aryl methyl sites for hydroxylation is 2.